The van der Waals surface area contributed by atoms with E-state index in [9.17, 15) is 4.79 Å². The van der Waals surface area contributed by atoms with Gasteiger partial charge in [0.1, 0.15) is 10.7 Å². The van der Waals surface area contributed by atoms with Crippen LogP contribution in [0.1, 0.15) is 15.5 Å². The molecule has 0 aliphatic heterocycles. The van der Waals surface area contributed by atoms with E-state index < -0.39 is 0 Å². The van der Waals surface area contributed by atoms with Crippen molar-refractivity contribution in [3.05, 3.63) is 63.7 Å². The lowest BCUT2D eigenvalue weighted by Gasteiger charge is -2.00. The van der Waals surface area contributed by atoms with Crippen molar-refractivity contribution in [1.29, 1.82) is 0 Å². The molecule has 0 radical (unpaired) electrons. The van der Waals surface area contributed by atoms with E-state index in [-0.39, 0.29) is 5.91 Å². The molecular weight excluding hydrogens is 374 g/mol. The van der Waals surface area contributed by atoms with Crippen LogP contribution in [0.25, 0.3) is 21.1 Å². The molecule has 0 unspecified atom stereocenters. The number of rotatable bonds is 3. The molecule has 0 saturated carbocycles. The van der Waals surface area contributed by atoms with Crippen LogP contribution in [0.3, 0.4) is 0 Å². The normalized spacial score (nSPS) is 11.2. The van der Waals surface area contributed by atoms with Gasteiger partial charge in [-0.2, -0.15) is 0 Å². The summed E-state index contributed by atoms with van der Waals surface area (Å²) in [7, 11) is 0. The van der Waals surface area contributed by atoms with Gasteiger partial charge in [0.25, 0.3) is 5.91 Å². The first-order valence-electron chi connectivity index (χ1n) is 7.10. The van der Waals surface area contributed by atoms with Crippen LogP contribution in [-0.2, 0) is 6.54 Å². The molecule has 4 nitrogen and oxygen atoms in total. The van der Waals surface area contributed by atoms with Crippen LogP contribution in [0.2, 0.25) is 0 Å². The maximum absolute atomic E-state index is 12.3. The number of amides is 1. The van der Waals surface area contributed by atoms with Crippen LogP contribution in [-0.4, -0.2) is 15.9 Å². The van der Waals surface area contributed by atoms with Gasteiger partial charge >= 0.3 is 0 Å². The summed E-state index contributed by atoms with van der Waals surface area (Å²) in [4.78, 5) is 20.0. The van der Waals surface area contributed by atoms with Crippen molar-refractivity contribution in [2.45, 2.75) is 6.54 Å². The van der Waals surface area contributed by atoms with Crippen LogP contribution in [0.15, 0.2) is 53.0 Å². The molecule has 0 aliphatic carbocycles. The quantitative estimate of drug-likeness (QED) is 0.546. The van der Waals surface area contributed by atoms with E-state index in [2.05, 4.69) is 31.2 Å². The molecule has 0 saturated heterocycles. The van der Waals surface area contributed by atoms with E-state index in [1.807, 2.05) is 48.5 Å². The third-order valence-corrected chi connectivity index (χ3v) is 5.10. The Morgan fingerprint density at radius 3 is 2.96 bits per heavy atom. The summed E-state index contributed by atoms with van der Waals surface area (Å²) in [5.74, 6) is -0.128. The number of benzene rings is 2. The number of nitrogens with one attached hydrogen (secondary N) is 2. The highest BCUT2D eigenvalue weighted by Gasteiger charge is 2.11. The molecule has 0 spiro atoms. The van der Waals surface area contributed by atoms with Crippen molar-refractivity contribution in [3.8, 4) is 0 Å². The standard InChI is InChI=1S/C17H12BrN3OS/c18-11-5-6-12-10(7-11)8-14(20-12)17(22)19-9-16-21-13-3-1-2-4-15(13)23-16/h1-8,20H,9H2,(H,19,22). The predicted octanol–water partition coefficient (Wildman–Crippen LogP) is 4.47. The summed E-state index contributed by atoms with van der Waals surface area (Å²) in [5.41, 5.74) is 2.47. The Balaban J connectivity index is 1.52. The lowest BCUT2D eigenvalue weighted by Crippen LogP contribution is -2.22. The Morgan fingerprint density at radius 2 is 2.09 bits per heavy atom. The van der Waals surface area contributed by atoms with Crippen LogP contribution in [0, 0.1) is 0 Å². The van der Waals surface area contributed by atoms with Gasteiger partial charge in [0, 0.05) is 15.4 Å². The number of halogens is 1. The summed E-state index contributed by atoms with van der Waals surface area (Å²) in [6.07, 6.45) is 0. The second kappa shape index (κ2) is 5.79. The summed E-state index contributed by atoms with van der Waals surface area (Å²) in [5, 5.41) is 4.82. The molecule has 0 atom stereocenters. The maximum Gasteiger partial charge on any atom is 0.268 e. The number of aromatic amines is 1. The molecule has 0 aliphatic rings. The molecule has 2 heterocycles. The molecule has 2 aromatic carbocycles. The van der Waals surface area contributed by atoms with Gasteiger partial charge in [-0.3, -0.25) is 4.79 Å². The van der Waals surface area contributed by atoms with E-state index in [4.69, 9.17) is 0 Å². The monoisotopic (exact) mass is 385 g/mol. The van der Waals surface area contributed by atoms with Gasteiger partial charge in [0.2, 0.25) is 0 Å². The fourth-order valence-electron chi connectivity index (χ4n) is 2.47. The van der Waals surface area contributed by atoms with Crippen molar-refractivity contribution < 1.29 is 4.79 Å². The molecule has 4 rings (SSSR count). The molecule has 1 amide bonds. The highest BCUT2D eigenvalue weighted by molar-refractivity contribution is 9.10. The summed E-state index contributed by atoms with van der Waals surface area (Å²) < 4.78 is 2.12. The van der Waals surface area contributed by atoms with Gasteiger partial charge in [-0.25, -0.2) is 4.98 Å². The Labute approximate surface area is 144 Å². The number of para-hydroxylation sites is 1. The first-order chi connectivity index (χ1) is 11.2. The number of H-pyrrole nitrogens is 1. The second-order valence-corrected chi connectivity index (χ2v) is 7.20. The molecule has 114 valence electrons. The van der Waals surface area contributed by atoms with Crippen LogP contribution in [0.5, 0.6) is 0 Å². The Hall–Kier alpha value is -2.18. The number of hydrogen-bond acceptors (Lipinski definition) is 3. The largest absolute Gasteiger partial charge is 0.351 e. The minimum atomic E-state index is -0.128. The predicted molar refractivity (Wildman–Crippen MR) is 96.8 cm³/mol. The first kappa shape index (κ1) is 14.4. The summed E-state index contributed by atoms with van der Waals surface area (Å²) in [6.45, 7) is 0.428. The minimum Gasteiger partial charge on any atom is -0.351 e. The number of thiazole rings is 1. The topological polar surface area (TPSA) is 57.8 Å². The molecule has 2 aromatic heterocycles. The third kappa shape index (κ3) is 2.87. The number of fused-ring (bicyclic) bond motifs is 2. The fourth-order valence-corrected chi connectivity index (χ4v) is 3.76. The zero-order chi connectivity index (χ0) is 15.8. The van der Waals surface area contributed by atoms with Gasteiger partial charge in [-0.05, 0) is 36.4 Å². The number of carbonyl (C=O) groups excluding carboxylic acids is 1. The number of nitrogens with zero attached hydrogens (tertiary/aromatic N) is 1. The van der Waals surface area contributed by atoms with E-state index in [1.165, 1.54) is 0 Å². The zero-order valence-electron chi connectivity index (χ0n) is 12.0. The lowest BCUT2D eigenvalue weighted by molar-refractivity contribution is 0.0946. The molecule has 0 fully saturated rings. The van der Waals surface area contributed by atoms with Gasteiger partial charge in [-0.1, -0.05) is 28.1 Å². The molecular formula is C17H12BrN3OS. The smallest absolute Gasteiger partial charge is 0.268 e. The third-order valence-electron chi connectivity index (χ3n) is 3.57. The van der Waals surface area contributed by atoms with E-state index in [1.54, 1.807) is 11.3 Å². The average molecular weight is 386 g/mol. The van der Waals surface area contributed by atoms with Crippen molar-refractivity contribution in [1.82, 2.24) is 15.3 Å². The van der Waals surface area contributed by atoms with Crippen molar-refractivity contribution in [3.63, 3.8) is 0 Å². The highest BCUT2D eigenvalue weighted by atomic mass is 79.9. The number of aromatic nitrogens is 2. The van der Waals surface area contributed by atoms with Crippen LogP contribution < -0.4 is 5.32 Å². The van der Waals surface area contributed by atoms with Crippen LogP contribution >= 0.6 is 27.3 Å². The fraction of sp³-hybridized carbons (Fsp3) is 0.0588. The van der Waals surface area contributed by atoms with Crippen molar-refractivity contribution in [2.24, 2.45) is 0 Å². The van der Waals surface area contributed by atoms with Gasteiger partial charge in [-0.15, -0.1) is 11.3 Å². The minimum absolute atomic E-state index is 0.128. The maximum atomic E-state index is 12.3. The molecule has 2 N–H and O–H groups in total. The average Bonchev–Trinajstić information content (AvgIpc) is 3.15. The Kier molecular flexibility index (Phi) is 3.63. The van der Waals surface area contributed by atoms with Crippen molar-refractivity contribution >= 4 is 54.3 Å². The number of hydrogen-bond donors (Lipinski definition) is 2. The molecule has 6 heteroatoms. The highest BCUT2D eigenvalue weighted by Crippen LogP contribution is 2.22. The molecule has 0 bridgehead atoms. The SMILES string of the molecule is O=C(NCc1nc2ccccc2s1)c1cc2cc(Br)ccc2[nH]1. The van der Waals surface area contributed by atoms with Gasteiger partial charge in [0.05, 0.1) is 16.8 Å². The second-order valence-electron chi connectivity index (χ2n) is 5.17. The first-order valence-corrected chi connectivity index (χ1v) is 8.71. The van der Waals surface area contributed by atoms with Gasteiger partial charge < -0.3 is 10.3 Å². The van der Waals surface area contributed by atoms with Crippen LogP contribution in [0.4, 0.5) is 0 Å². The summed E-state index contributed by atoms with van der Waals surface area (Å²) >= 11 is 5.03. The number of carbonyl (C=O) groups is 1. The van der Waals surface area contributed by atoms with E-state index in [0.717, 1.165) is 30.6 Å². The van der Waals surface area contributed by atoms with E-state index >= 15 is 0 Å². The Bertz CT molecular complexity index is 988. The van der Waals surface area contributed by atoms with Gasteiger partial charge in [0.15, 0.2) is 0 Å². The molecule has 23 heavy (non-hydrogen) atoms. The summed E-state index contributed by atoms with van der Waals surface area (Å²) in [6, 6.07) is 15.7. The lowest BCUT2D eigenvalue weighted by atomic mass is 10.2. The zero-order valence-corrected chi connectivity index (χ0v) is 14.4. The molecule has 4 aromatic rings. The Morgan fingerprint density at radius 1 is 1.22 bits per heavy atom. The van der Waals surface area contributed by atoms with Crippen molar-refractivity contribution in [2.75, 3.05) is 0 Å². The van der Waals surface area contributed by atoms with E-state index in [0.29, 0.717) is 12.2 Å².